The van der Waals surface area contributed by atoms with Crippen molar-refractivity contribution in [2.24, 2.45) is 5.73 Å². The molecule has 0 saturated heterocycles. The molecule has 2 aromatic carbocycles. The molecule has 0 saturated carbocycles. The Kier molecular flexibility index (Phi) is 3.64. The molecule has 2 N–H and O–H groups in total. The minimum atomic E-state index is -0.281. The smallest absolute Gasteiger partial charge is 0.125 e. The summed E-state index contributed by atoms with van der Waals surface area (Å²) in [7, 11) is 0. The van der Waals surface area contributed by atoms with Crippen LogP contribution in [0.2, 0.25) is 0 Å². The van der Waals surface area contributed by atoms with Crippen LogP contribution in [0.15, 0.2) is 42.5 Å². The summed E-state index contributed by atoms with van der Waals surface area (Å²) in [5, 5.41) is 0. The number of anilines is 1. The molecular formula is C17H18F2N2. The zero-order valence-electron chi connectivity index (χ0n) is 11.9. The van der Waals surface area contributed by atoms with Gasteiger partial charge in [0, 0.05) is 18.3 Å². The van der Waals surface area contributed by atoms with E-state index in [1.54, 1.807) is 6.07 Å². The molecule has 0 spiro atoms. The zero-order chi connectivity index (χ0) is 15.0. The quantitative estimate of drug-likeness (QED) is 0.937. The van der Waals surface area contributed by atoms with Gasteiger partial charge in [-0.3, -0.25) is 0 Å². The summed E-state index contributed by atoms with van der Waals surface area (Å²) >= 11 is 0. The first-order chi connectivity index (χ1) is 10.1. The molecule has 0 radical (unpaired) electrons. The maximum Gasteiger partial charge on any atom is 0.125 e. The number of rotatable bonds is 3. The van der Waals surface area contributed by atoms with Gasteiger partial charge in [-0.15, -0.1) is 0 Å². The van der Waals surface area contributed by atoms with Crippen LogP contribution in [0.25, 0.3) is 0 Å². The van der Waals surface area contributed by atoms with Gasteiger partial charge in [0.25, 0.3) is 0 Å². The van der Waals surface area contributed by atoms with Crippen molar-refractivity contribution in [3.63, 3.8) is 0 Å². The first-order valence-electron chi connectivity index (χ1n) is 7.12. The Morgan fingerprint density at radius 2 is 1.86 bits per heavy atom. The van der Waals surface area contributed by atoms with Gasteiger partial charge in [-0.05, 0) is 48.7 Å². The number of benzene rings is 2. The number of hydrogen-bond donors (Lipinski definition) is 1. The Hall–Kier alpha value is -1.94. The zero-order valence-corrected chi connectivity index (χ0v) is 11.9. The average Bonchev–Trinajstić information content (AvgIpc) is 2.82. The van der Waals surface area contributed by atoms with Gasteiger partial charge in [-0.2, -0.15) is 0 Å². The molecule has 2 nitrogen and oxygen atoms in total. The average molecular weight is 288 g/mol. The standard InChI is InChI=1S/C17H18F2N2/c1-11(20)17(13-3-2-4-14(18)9-13)21-8-7-12-5-6-15(19)10-16(12)21/h2-6,9-11,17H,7-8,20H2,1H3. The van der Waals surface area contributed by atoms with Crippen LogP contribution in [0.1, 0.15) is 24.1 Å². The van der Waals surface area contributed by atoms with Crippen molar-refractivity contribution in [2.45, 2.75) is 25.4 Å². The van der Waals surface area contributed by atoms with E-state index in [1.807, 2.05) is 19.1 Å². The predicted molar refractivity (Wildman–Crippen MR) is 80.2 cm³/mol. The number of nitrogens with zero attached hydrogens (tertiary/aromatic N) is 1. The van der Waals surface area contributed by atoms with Crippen molar-refractivity contribution in [1.29, 1.82) is 0 Å². The molecule has 1 aliphatic heterocycles. The van der Waals surface area contributed by atoms with E-state index in [9.17, 15) is 8.78 Å². The molecule has 4 heteroatoms. The van der Waals surface area contributed by atoms with Crippen molar-refractivity contribution in [1.82, 2.24) is 0 Å². The van der Waals surface area contributed by atoms with E-state index < -0.39 is 0 Å². The van der Waals surface area contributed by atoms with Crippen molar-refractivity contribution >= 4 is 5.69 Å². The molecule has 0 bridgehead atoms. The van der Waals surface area contributed by atoms with E-state index in [0.29, 0.717) is 0 Å². The lowest BCUT2D eigenvalue weighted by atomic mass is 9.99. The van der Waals surface area contributed by atoms with Crippen LogP contribution in [0.5, 0.6) is 0 Å². The van der Waals surface area contributed by atoms with E-state index in [0.717, 1.165) is 29.8 Å². The summed E-state index contributed by atoms with van der Waals surface area (Å²) in [4.78, 5) is 2.08. The van der Waals surface area contributed by atoms with Crippen LogP contribution in [0, 0.1) is 11.6 Å². The van der Waals surface area contributed by atoms with Gasteiger partial charge in [-0.1, -0.05) is 18.2 Å². The van der Waals surface area contributed by atoms with Gasteiger partial charge in [-0.25, -0.2) is 8.78 Å². The van der Waals surface area contributed by atoms with E-state index >= 15 is 0 Å². The van der Waals surface area contributed by atoms with Gasteiger partial charge < -0.3 is 10.6 Å². The fraction of sp³-hybridized carbons (Fsp3) is 0.294. The summed E-state index contributed by atoms with van der Waals surface area (Å²) in [6.07, 6.45) is 0.855. The summed E-state index contributed by atoms with van der Waals surface area (Å²) < 4.78 is 27.1. The summed E-state index contributed by atoms with van der Waals surface area (Å²) in [6.45, 7) is 2.66. The summed E-state index contributed by atoms with van der Waals surface area (Å²) in [5.41, 5.74) is 8.93. The molecule has 1 heterocycles. The highest BCUT2D eigenvalue weighted by atomic mass is 19.1. The van der Waals surface area contributed by atoms with E-state index in [1.165, 1.54) is 24.3 Å². The molecule has 2 unspecified atom stereocenters. The number of nitrogens with two attached hydrogens (primary N) is 1. The van der Waals surface area contributed by atoms with Crippen LogP contribution in [0.4, 0.5) is 14.5 Å². The number of hydrogen-bond acceptors (Lipinski definition) is 2. The fourth-order valence-electron chi connectivity index (χ4n) is 3.12. The summed E-state index contributed by atoms with van der Waals surface area (Å²) in [6, 6.07) is 10.9. The Bertz CT molecular complexity index is 655. The highest BCUT2D eigenvalue weighted by molar-refractivity contribution is 5.60. The number of fused-ring (bicyclic) bond motifs is 1. The predicted octanol–water partition coefficient (Wildman–Crippen LogP) is 3.42. The first kappa shape index (κ1) is 14.0. The molecule has 0 aromatic heterocycles. The molecular weight excluding hydrogens is 270 g/mol. The number of halogens is 2. The Morgan fingerprint density at radius 3 is 2.57 bits per heavy atom. The minimum Gasteiger partial charge on any atom is -0.362 e. The van der Waals surface area contributed by atoms with Gasteiger partial charge in [0.2, 0.25) is 0 Å². The third-order valence-corrected chi connectivity index (χ3v) is 4.00. The van der Waals surface area contributed by atoms with Gasteiger partial charge >= 0.3 is 0 Å². The highest BCUT2D eigenvalue weighted by Crippen LogP contribution is 2.36. The molecule has 0 fully saturated rings. The van der Waals surface area contributed by atoms with Gasteiger partial charge in [0.05, 0.1) is 6.04 Å². The normalized spacial score (nSPS) is 16.7. The molecule has 2 aromatic rings. The molecule has 3 rings (SSSR count). The van der Waals surface area contributed by atoms with Crippen molar-refractivity contribution in [3.05, 3.63) is 65.2 Å². The van der Waals surface area contributed by atoms with Crippen LogP contribution in [0.3, 0.4) is 0 Å². The highest BCUT2D eigenvalue weighted by Gasteiger charge is 2.30. The maximum absolute atomic E-state index is 13.5. The van der Waals surface area contributed by atoms with Gasteiger partial charge in [0.1, 0.15) is 11.6 Å². The van der Waals surface area contributed by atoms with Crippen LogP contribution < -0.4 is 10.6 Å². The van der Waals surface area contributed by atoms with E-state index in [4.69, 9.17) is 5.73 Å². The molecule has 110 valence electrons. The maximum atomic E-state index is 13.5. The lowest BCUT2D eigenvalue weighted by Crippen LogP contribution is -2.38. The van der Waals surface area contributed by atoms with Gasteiger partial charge in [0.15, 0.2) is 0 Å². The fourth-order valence-corrected chi connectivity index (χ4v) is 3.12. The second-order valence-corrected chi connectivity index (χ2v) is 5.58. The molecule has 2 atom stereocenters. The minimum absolute atomic E-state index is 0.163. The lowest BCUT2D eigenvalue weighted by Gasteiger charge is -2.33. The van der Waals surface area contributed by atoms with Crippen molar-refractivity contribution < 1.29 is 8.78 Å². The van der Waals surface area contributed by atoms with E-state index in [2.05, 4.69) is 4.90 Å². The monoisotopic (exact) mass is 288 g/mol. The van der Waals surface area contributed by atoms with Crippen LogP contribution >= 0.6 is 0 Å². The first-order valence-corrected chi connectivity index (χ1v) is 7.12. The second-order valence-electron chi connectivity index (χ2n) is 5.58. The molecule has 0 amide bonds. The Balaban J connectivity index is 2.03. The largest absolute Gasteiger partial charge is 0.362 e. The SMILES string of the molecule is CC(N)C(c1cccc(F)c1)N1CCc2ccc(F)cc21. The van der Waals surface area contributed by atoms with Crippen LogP contribution in [-0.4, -0.2) is 12.6 Å². The molecule has 21 heavy (non-hydrogen) atoms. The lowest BCUT2D eigenvalue weighted by molar-refractivity contribution is 0.534. The molecule has 0 aliphatic carbocycles. The second kappa shape index (κ2) is 5.45. The molecule has 1 aliphatic rings. The summed E-state index contributed by atoms with van der Waals surface area (Å²) in [5.74, 6) is -0.542. The van der Waals surface area contributed by atoms with E-state index in [-0.39, 0.29) is 23.7 Å². The topological polar surface area (TPSA) is 29.3 Å². The third kappa shape index (κ3) is 2.63. The van der Waals surface area contributed by atoms with Crippen molar-refractivity contribution in [2.75, 3.05) is 11.4 Å². The van der Waals surface area contributed by atoms with Crippen LogP contribution in [-0.2, 0) is 6.42 Å². The van der Waals surface area contributed by atoms with Crippen molar-refractivity contribution in [3.8, 4) is 0 Å². The Labute approximate surface area is 123 Å². The third-order valence-electron chi connectivity index (χ3n) is 4.00. The Morgan fingerprint density at radius 1 is 1.10 bits per heavy atom.